The van der Waals surface area contributed by atoms with Gasteiger partial charge in [-0.2, -0.15) is 0 Å². The maximum Gasteiger partial charge on any atom is 0.188 e. The van der Waals surface area contributed by atoms with Crippen LogP contribution >= 0.6 is 7.29 Å². The van der Waals surface area contributed by atoms with E-state index in [2.05, 4.69) is 42.8 Å². The Morgan fingerprint density at radius 3 is 2.21 bits per heavy atom. The van der Waals surface area contributed by atoms with Crippen molar-refractivity contribution in [1.82, 2.24) is 4.67 Å². The summed E-state index contributed by atoms with van der Waals surface area (Å²) in [5.41, 5.74) is 0.00329. The number of allylic oxidation sites excluding steroid dienone is 4. The number of nitrogens with zero attached hydrogens (tertiary/aromatic N) is 1. The molecule has 0 saturated heterocycles. The van der Waals surface area contributed by atoms with E-state index in [1.807, 2.05) is 30.3 Å². The van der Waals surface area contributed by atoms with Gasteiger partial charge >= 0.3 is 0 Å². The fraction of sp³-hybridized carbons (Fsp3) is 0.375. The van der Waals surface area contributed by atoms with Gasteiger partial charge in [-0.25, -0.2) is 4.67 Å². The van der Waals surface area contributed by atoms with E-state index in [1.165, 1.54) is 0 Å². The van der Waals surface area contributed by atoms with Crippen LogP contribution in [0.25, 0.3) is 0 Å². The highest BCUT2D eigenvalue weighted by molar-refractivity contribution is 7.70. The molecular formula is C16H22NOP. The van der Waals surface area contributed by atoms with Crippen molar-refractivity contribution in [2.24, 2.45) is 0 Å². The van der Waals surface area contributed by atoms with Crippen LogP contribution in [0.2, 0.25) is 0 Å². The lowest BCUT2D eigenvalue weighted by Crippen LogP contribution is -2.31. The van der Waals surface area contributed by atoms with Gasteiger partial charge in [0.25, 0.3) is 0 Å². The third-order valence-corrected chi connectivity index (χ3v) is 7.22. The van der Waals surface area contributed by atoms with Crippen LogP contribution in [0.4, 0.5) is 0 Å². The van der Waals surface area contributed by atoms with Gasteiger partial charge in [-0.1, -0.05) is 68.5 Å². The number of hydrogen-bond donors (Lipinski definition) is 0. The van der Waals surface area contributed by atoms with E-state index >= 15 is 0 Å². The predicted molar refractivity (Wildman–Crippen MR) is 83.3 cm³/mol. The van der Waals surface area contributed by atoms with Crippen LogP contribution in [0.1, 0.15) is 20.3 Å². The van der Waals surface area contributed by atoms with Crippen LogP contribution in [0.3, 0.4) is 0 Å². The van der Waals surface area contributed by atoms with Gasteiger partial charge in [0, 0.05) is 18.4 Å². The lowest BCUT2D eigenvalue weighted by atomic mass is 10.2. The first-order valence-corrected chi connectivity index (χ1v) is 8.70. The molecule has 0 amide bonds. The fourth-order valence-electron chi connectivity index (χ4n) is 2.62. The Morgan fingerprint density at radius 2 is 1.68 bits per heavy atom. The molecular weight excluding hydrogens is 253 g/mol. The maximum absolute atomic E-state index is 13.8. The minimum atomic E-state index is -2.60. The smallest absolute Gasteiger partial charge is 0.188 e. The fourth-order valence-corrected chi connectivity index (χ4v) is 5.82. The molecule has 0 spiro atoms. The second kappa shape index (κ2) is 6.36. The molecule has 1 aliphatic rings. The van der Waals surface area contributed by atoms with Gasteiger partial charge in [-0.3, -0.25) is 0 Å². The molecule has 1 aromatic rings. The van der Waals surface area contributed by atoms with Crippen LogP contribution in [0, 0.1) is 0 Å². The molecule has 1 unspecified atom stereocenters. The molecule has 0 aromatic heterocycles. The molecule has 0 fully saturated rings. The monoisotopic (exact) mass is 275 g/mol. The first-order chi connectivity index (χ1) is 9.23. The van der Waals surface area contributed by atoms with Gasteiger partial charge in [-0.05, 0) is 6.42 Å². The second-order valence-electron chi connectivity index (χ2n) is 4.68. The molecule has 0 radical (unpaired) electrons. The Kier molecular flexibility index (Phi) is 4.79. The van der Waals surface area contributed by atoms with Crippen LogP contribution in [0.15, 0.2) is 54.6 Å². The summed E-state index contributed by atoms with van der Waals surface area (Å²) in [7, 11) is -2.60. The predicted octanol–water partition coefficient (Wildman–Crippen LogP) is 3.82. The Labute approximate surface area is 116 Å². The number of hydrogen-bond acceptors (Lipinski definition) is 1. The second-order valence-corrected chi connectivity index (χ2v) is 7.60. The Morgan fingerprint density at radius 1 is 1.11 bits per heavy atom. The molecule has 0 heterocycles. The standard InChI is InChI=1S/C16H22NOP/c1-3-17(4-2)19(18,15-11-7-5-8-12-15)16-13-9-6-10-14-16/h5,7-14,16H,3-4,6H2,1-2H3. The van der Waals surface area contributed by atoms with E-state index in [9.17, 15) is 4.57 Å². The summed E-state index contributed by atoms with van der Waals surface area (Å²) in [5.74, 6) is 0. The first-order valence-electron chi connectivity index (χ1n) is 6.97. The molecule has 19 heavy (non-hydrogen) atoms. The normalized spacial score (nSPS) is 18.7. The molecule has 102 valence electrons. The molecule has 1 atom stereocenters. The lowest BCUT2D eigenvalue weighted by Gasteiger charge is -2.34. The zero-order chi connectivity index (χ0) is 13.7. The van der Waals surface area contributed by atoms with Gasteiger partial charge in [0.1, 0.15) is 0 Å². The van der Waals surface area contributed by atoms with E-state index in [0.29, 0.717) is 0 Å². The average molecular weight is 275 g/mol. The SMILES string of the molecule is CCN(CC)P(=O)(c1ccccc1)C1C=CCC=C1. The summed E-state index contributed by atoms with van der Waals surface area (Å²) < 4.78 is 15.9. The van der Waals surface area contributed by atoms with Crippen LogP contribution in [-0.4, -0.2) is 23.4 Å². The third kappa shape index (κ3) is 2.75. The van der Waals surface area contributed by atoms with Gasteiger partial charge in [0.05, 0.1) is 5.66 Å². The van der Waals surface area contributed by atoms with E-state index in [0.717, 1.165) is 24.8 Å². The molecule has 1 aliphatic carbocycles. The zero-order valence-electron chi connectivity index (χ0n) is 11.7. The maximum atomic E-state index is 13.8. The highest BCUT2D eigenvalue weighted by atomic mass is 31.2. The van der Waals surface area contributed by atoms with Gasteiger partial charge in [0.15, 0.2) is 7.29 Å². The largest absolute Gasteiger partial charge is 0.300 e. The molecule has 0 aliphatic heterocycles. The molecule has 1 aromatic carbocycles. The number of benzene rings is 1. The van der Waals surface area contributed by atoms with Crippen LogP contribution in [-0.2, 0) is 4.57 Å². The highest BCUT2D eigenvalue weighted by Gasteiger charge is 2.36. The summed E-state index contributed by atoms with van der Waals surface area (Å²) in [4.78, 5) is 0. The Bertz CT molecular complexity index is 491. The van der Waals surface area contributed by atoms with E-state index in [1.54, 1.807) is 0 Å². The Hall–Kier alpha value is -1.11. The summed E-state index contributed by atoms with van der Waals surface area (Å²) in [6, 6.07) is 9.91. The Balaban J connectivity index is 2.49. The van der Waals surface area contributed by atoms with Crippen molar-refractivity contribution in [1.29, 1.82) is 0 Å². The molecule has 0 N–H and O–H groups in total. The van der Waals surface area contributed by atoms with E-state index in [4.69, 9.17) is 0 Å². The minimum absolute atomic E-state index is 0.00329. The molecule has 0 saturated carbocycles. The molecule has 0 bridgehead atoms. The van der Waals surface area contributed by atoms with Gasteiger partial charge in [0.2, 0.25) is 0 Å². The molecule has 2 nitrogen and oxygen atoms in total. The zero-order valence-corrected chi connectivity index (χ0v) is 12.6. The summed E-state index contributed by atoms with van der Waals surface area (Å²) >= 11 is 0. The van der Waals surface area contributed by atoms with Gasteiger partial charge in [-0.15, -0.1) is 0 Å². The van der Waals surface area contributed by atoms with Crippen LogP contribution in [0.5, 0.6) is 0 Å². The van der Waals surface area contributed by atoms with Crippen molar-refractivity contribution in [2.45, 2.75) is 25.9 Å². The first kappa shape index (κ1) is 14.3. The summed E-state index contributed by atoms with van der Waals surface area (Å²) in [6.07, 6.45) is 9.38. The van der Waals surface area contributed by atoms with Crippen molar-refractivity contribution in [2.75, 3.05) is 13.1 Å². The topological polar surface area (TPSA) is 20.3 Å². The van der Waals surface area contributed by atoms with Crippen LogP contribution < -0.4 is 5.30 Å². The van der Waals surface area contributed by atoms with Crippen molar-refractivity contribution >= 4 is 12.6 Å². The minimum Gasteiger partial charge on any atom is -0.300 e. The van der Waals surface area contributed by atoms with Crippen molar-refractivity contribution in [3.8, 4) is 0 Å². The highest BCUT2D eigenvalue weighted by Crippen LogP contribution is 2.54. The summed E-state index contributed by atoms with van der Waals surface area (Å²) in [5, 5.41) is 0.958. The van der Waals surface area contributed by atoms with E-state index < -0.39 is 7.29 Å². The third-order valence-electron chi connectivity index (χ3n) is 3.62. The quantitative estimate of drug-likeness (QED) is 0.601. The van der Waals surface area contributed by atoms with E-state index in [-0.39, 0.29) is 5.66 Å². The van der Waals surface area contributed by atoms with Gasteiger partial charge < -0.3 is 4.57 Å². The number of rotatable bonds is 5. The van der Waals surface area contributed by atoms with Crippen molar-refractivity contribution in [3.63, 3.8) is 0 Å². The average Bonchev–Trinajstić information content (AvgIpc) is 2.50. The van der Waals surface area contributed by atoms with Crippen molar-refractivity contribution < 1.29 is 4.57 Å². The molecule has 3 heteroatoms. The van der Waals surface area contributed by atoms with Crippen molar-refractivity contribution in [3.05, 3.63) is 54.6 Å². The molecule has 2 rings (SSSR count). The lowest BCUT2D eigenvalue weighted by molar-refractivity contribution is 0.448. The summed E-state index contributed by atoms with van der Waals surface area (Å²) in [6.45, 7) is 5.77.